The molecule has 1 saturated carbocycles. The zero-order valence-corrected chi connectivity index (χ0v) is 14.2. The molecular formula is C18H35NO2. The molecule has 21 heavy (non-hydrogen) atoms. The minimum absolute atomic E-state index is 0.0162. The Hall–Kier alpha value is -0.120. The number of hydrogen-bond donors (Lipinski definition) is 0. The number of quaternary nitrogens is 1. The average Bonchev–Trinajstić information content (AvgIpc) is 2.37. The third kappa shape index (κ3) is 5.54. The lowest BCUT2D eigenvalue weighted by molar-refractivity contribution is -0.920. The van der Waals surface area contributed by atoms with Crippen molar-refractivity contribution in [1.29, 1.82) is 0 Å². The van der Waals surface area contributed by atoms with E-state index in [1.165, 1.54) is 57.8 Å². The van der Waals surface area contributed by atoms with Gasteiger partial charge in [0.25, 0.3) is 0 Å². The molecule has 0 N–H and O–H groups in total. The second-order valence-electron chi connectivity index (χ2n) is 7.49. The van der Waals surface area contributed by atoms with Crippen LogP contribution in [0.2, 0.25) is 0 Å². The Balaban J connectivity index is 1.95. The van der Waals surface area contributed by atoms with Crippen molar-refractivity contribution >= 4 is 0 Å². The fourth-order valence-electron chi connectivity index (χ4n) is 4.34. The maximum Gasteiger partial charge on any atom is 0.105 e. The van der Waals surface area contributed by atoms with Crippen LogP contribution in [-0.4, -0.2) is 36.0 Å². The van der Waals surface area contributed by atoms with Crippen molar-refractivity contribution in [2.75, 3.05) is 13.1 Å². The van der Waals surface area contributed by atoms with E-state index in [4.69, 9.17) is 4.74 Å². The lowest BCUT2D eigenvalue weighted by atomic mass is 9.95. The highest BCUT2D eigenvalue weighted by molar-refractivity contribution is 4.71. The SMILES string of the molecule is C[C@@H]1C[N+]([O-])(C2CCCCCCCCCCC2)C[C@@H](C)O1. The van der Waals surface area contributed by atoms with Crippen molar-refractivity contribution in [3.63, 3.8) is 0 Å². The second kappa shape index (κ2) is 8.50. The van der Waals surface area contributed by atoms with Crippen LogP contribution < -0.4 is 0 Å². The van der Waals surface area contributed by atoms with Gasteiger partial charge in [0.1, 0.15) is 25.3 Å². The number of hydrogen-bond acceptors (Lipinski definition) is 2. The van der Waals surface area contributed by atoms with Crippen molar-refractivity contribution in [3.05, 3.63) is 5.21 Å². The van der Waals surface area contributed by atoms with Gasteiger partial charge >= 0.3 is 0 Å². The number of ether oxygens (including phenoxy) is 1. The molecule has 2 atom stereocenters. The first-order valence-electron chi connectivity index (χ1n) is 9.33. The summed E-state index contributed by atoms with van der Waals surface area (Å²) in [7, 11) is 0. The van der Waals surface area contributed by atoms with Crippen molar-refractivity contribution in [2.24, 2.45) is 0 Å². The molecule has 1 saturated heterocycles. The molecule has 0 amide bonds. The highest BCUT2D eigenvalue weighted by atomic mass is 16.6. The van der Waals surface area contributed by atoms with Gasteiger partial charge in [-0.25, -0.2) is 0 Å². The molecule has 124 valence electrons. The second-order valence-corrected chi connectivity index (χ2v) is 7.49. The summed E-state index contributed by atoms with van der Waals surface area (Å²) >= 11 is 0. The van der Waals surface area contributed by atoms with Crippen LogP contribution in [0.1, 0.15) is 84.5 Å². The van der Waals surface area contributed by atoms with Gasteiger partial charge in [0.2, 0.25) is 0 Å². The van der Waals surface area contributed by atoms with Gasteiger partial charge in [0.15, 0.2) is 0 Å². The highest BCUT2D eigenvalue weighted by Gasteiger charge is 2.36. The largest absolute Gasteiger partial charge is 0.632 e. The first-order valence-corrected chi connectivity index (χ1v) is 9.33. The van der Waals surface area contributed by atoms with Crippen LogP contribution in [0.3, 0.4) is 0 Å². The molecule has 0 spiro atoms. The smallest absolute Gasteiger partial charge is 0.105 e. The first kappa shape index (κ1) is 17.2. The van der Waals surface area contributed by atoms with Crippen LogP contribution in [0.4, 0.5) is 0 Å². The minimum atomic E-state index is 0.0162. The van der Waals surface area contributed by atoms with E-state index in [9.17, 15) is 5.21 Å². The Morgan fingerprint density at radius 2 is 1.10 bits per heavy atom. The number of nitrogens with zero attached hydrogens (tertiary/aromatic N) is 1. The van der Waals surface area contributed by atoms with E-state index in [-0.39, 0.29) is 16.9 Å². The predicted octanol–water partition coefficient (Wildman–Crippen LogP) is 4.78. The molecule has 1 heterocycles. The Morgan fingerprint density at radius 3 is 1.52 bits per heavy atom. The Kier molecular flexibility index (Phi) is 6.97. The summed E-state index contributed by atoms with van der Waals surface area (Å²) < 4.78 is 5.81. The molecule has 0 aromatic rings. The third-order valence-electron chi connectivity index (χ3n) is 5.34. The number of rotatable bonds is 1. The molecule has 3 nitrogen and oxygen atoms in total. The lowest BCUT2D eigenvalue weighted by Gasteiger charge is -2.54. The van der Waals surface area contributed by atoms with Crippen LogP contribution in [0.15, 0.2) is 0 Å². The van der Waals surface area contributed by atoms with Gasteiger partial charge in [-0.05, 0) is 39.5 Å². The number of morpholine rings is 1. The molecule has 1 aliphatic carbocycles. The first-order chi connectivity index (χ1) is 10.1. The van der Waals surface area contributed by atoms with Crippen molar-refractivity contribution in [3.8, 4) is 0 Å². The molecule has 2 fully saturated rings. The molecule has 1 aliphatic heterocycles. The monoisotopic (exact) mass is 297 g/mol. The average molecular weight is 297 g/mol. The van der Waals surface area contributed by atoms with E-state index in [1.807, 2.05) is 0 Å². The van der Waals surface area contributed by atoms with Crippen LogP contribution in [0.25, 0.3) is 0 Å². The van der Waals surface area contributed by atoms with Crippen LogP contribution in [0.5, 0.6) is 0 Å². The maximum atomic E-state index is 13.4. The summed E-state index contributed by atoms with van der Waals surface area (Å²) in [6.45, 7) is 5.45. The van der Waals surface area contributed by atoms with Crippen molar-refractivity contribution in [2.45, 2.75) is 103 Å². The third-order valence-corrected chi connectivity index (χ3v) is 5.34. The summed E-state index contributed by atoms with van der Waals surface area (Å²) in [5.74, 6) is 0. The minimum Gasteiger partial charge on any atom is -0.632 e. The van der Waals surface area contributed by atoms with E-state index in [1.54, 1.807) is 0 Å². The molecule has 0 aromatic carbocycles. The van der Waals surface area contributed by atoms with E-state index < -0.39 is 0 Å². The molecule has 3 heteroatoms. The van der Waals surface area contributed by atoms with Crippen LogP contribution in [-0.2, 0) is 4.74 Å². The standard InChI is InChI=1S/C18H35NO2/c1-16-14-19(20,15-17(2)21-16)18-12-10-8-6-4-3-5-7-9-11-13-18/h16-18H,3-15H2,1-2H3/t16-,17-/m1/s1. The van der Waals surface area contributed by atoms with E-state index in [2.05, 4.69) is 13.8 Å². The fourth-order valence-corrected chi connectivity index (χ4v) is 4.34. The Labute approximate surface area is 131 Å². The zero-order valence-electron chi connectivity index (χ0n) is 14.2. The molecule has 0 bridgehead atoms. The molecule has 0 radical (unpaired) electrons. The zero-order chi connectivity index (χ0) is 15.1. The van der Waals surface area contributed by atoms with E-state index in [0.717, 1.165) is 12.8 Å². The summed E-state index contributed by atoms with van der Waals surface area (Å²) in [6.07, 6.45) is 14.5. The molecule has 0 unspecified atom stereocenters. The topological polar surface area (TPSA) is 32.3 Å². The number of hydroxylamine groups is 3. The van der Waals surface area contributed by atoms with Gasteiger partial charge in [-0.1, -0.05) is 44.9 Å². The van der Waals surface area contributed by atoms with Gasteiger partial charge in [0, 0.05) is 0 Å². The van der Waals surface area contributed by atoms with E-state index in [0.29, 0.717) is 19.1 Å². The highest BCUT2D eigenvalue weighted by Crippen LogP contribution is 2.29. The van der Waals surface area contributed by atoms with Crippen LogP contribution in [0, 0.1) is 5.21 Å². The van der Waals surface area contributed by atoms with Gasteiger partial charge in [-0.2, -0.15) is 0 Å². The predicted molar refractivity (Wildman–Crippen MR) is 87.9 cm³/mol. The van der Waals surface area contributed by atoms with Gasteiger partial charge in [-0.15, -0.1) is 0 Å². The fraction of sp³-hybridized carbons (Fsp3) is 1.00. The van der Waals surface area contributed by atoms with Gasteiger partial charge < -0.3 is 14.6 Å². The molecule has 0 aromatic heterocycles. The van der Waals surface area contributed by atoms with Crippen molar-refractivity contribution in [1.82, 2.24) is 0 Å². The molecule has 2 aliphatic rings. The van der Waals surface area contributed by atoms with E-state index >= 15 is 0 Å². The Bertz CT molecular complexity index is 273. The van der Waals surface area contributed by atoms with Crippen molar-refractivity contribution < 1.29 is 9.38 Å². The quantitative estimate of drug-likeness (QED) is 0.515. The van der Waals surface area contributed by atoms with Gasteiger partial charge in [0.05, 0.1) is 6.04 Å². The Morgan fingerprint density at radius 1 is 0.714 bits per heavy atom. The normalized spacial score (nSPS) is 38.4. The summed E-state index contributed by atoms with van der Waals surface area (Å²) in [6, 6.07) is 0.318. The van der Waals surface area contributed by atoms with Gasteiger partial charge in [-0.3, -0.25) is 0 Å². The maximum absolute atomic E-state index is 13.4. The summed E-state index contributed by atoms with van der Waals surface area (Å²) in [5, 5.41) is 13.4. The van der Waals surface area contributed by atoms with Crippen LogP contribution >= 0.6 is 0 Å². The molecule has 2 rings (SSSR count). The molecular weight excluding hydrogens is 262 g/mol. The summed E-state index contributed by atoms with van der Waals surface area (Å²) in [5.41, 5.74) is 0. The summed E-state index contributed by atoms with van der Waals surface area (Å²) in [4.78, 5) is 0. The lowest BCUT2D eigenvalue weighted by Crippen LogP contribution is -2.61.